The number of hydrogen-bond donors (Lipinski definition) is 0. The molecule has 1 aliphatic carbocycles. The number of carbonyl (C=O) groups excluding carboxylic acids is 1. The van der Waals surface area contributed by atoms with E-state index in [1.807, 2.05) is 13.8 Å². The fraction of sp³-hybridized carbons (Fsp3) is 0.583. The van der Waals surface area contributed by atoms with Crippen molar-refractivity contribution in [1.82, 2.24) is 0 Å². The summed E-state index contributed by atoms with van der Waals surface area (Å²) in [4.78, 5) is 13.4. The Morgan fingerprint density at radius 3 is 3.07 bits per heavy atom. The van der Waals surface area contributed by atoms with Gasteiger partial charge in [-0.05, 0) is 36.3 Å². The fourth-order valence-corrected chi connectivity index (χ4v) is 3.17. The number of hydrogen-bond acceptors (Lipinski definition) is 2. The monoisotopic (exact) mass is 208 g/mol. The summed E-state index contributed by atoms with van der Waals surface area (Å²) < 4.78 is 0. The van der Waals surface area contributed by atoms with Crippen molar-refractivity contribution in [3.8, 4) is 0 Å². The Labute approximate surface area is 89.1 Å². The van der Waals surface area contributed by atoms with Gasteiger partial charge in [0.25, 0.3) is 0 Å². The first-order valence-electron chi connectivity index (χ1n) is 5.30. The Morgan fingerprint density at radius 2 is 2.36 bits per heavy atom. The van der Waals surface area contributed by atoms with Gasteiger partial charge in [-0.15, -0.1) is 11.3 Å². The van der Waals surface area contributed by atoms with Crippen molar-refractivity contribution in [1.29, 1.82) is 0 Å². The molecule has 0 radical (unpaired) electrons. The molecule has 0 bridgehead atoms. The summed E-state index contributed by atoms with van der Waals surface area (Å²) in [6.07, 6.45) is 3.41. The Hall–Kier alpha value is -0.630. The molecule has 1 heterocycles. The topological polar surface area (TPSA) is 17.1 Å². The maximum Gasteiger partial charge on any atom is 0.142 e. The van der Waals surface area contributed by atoms with E-state index in [-0.39, 0.29) is 11.8 Å². The predicted molar refractivity (Wildman–Crippen MR) is 59.8 cm³/mol. The number of aryl methyl sites for hydroxylation is 1. The van der Waals surface area contributed by atoms with Crippen LogP contribution in [-0.4, -0.2) is 5.78 Å². The first kappa shape index (κ1) is 9.91. The Kier molecular flexibility index (Phi) is 2.73. The van der Waals surface area contributed by atoms with Gasteiger partial charge < -0.3 is 0 Å². The van der Waals surface area contributed by atoms with Gasteiger partial charge in [-0.1, -0.05) is 13.8 Å². The quantitative estimate of drug-likeness (QED) is 0.728. The molecule has 0 aliphatic heterocycles. The van der Waals surface area contributed by atoms with Crippen LogP contribution in [0.3, 0.4) is 0 Å². The Morgan fingerprint density at radius 1 is 1.57 bits per heavy atom. The molecule has 0 spiro atoms. The van der Waals surface area contributed by atoms with Gasteiger partial charge in [-0.2, -0.15) is 0 Å². The number of rotatable bonds is 2. The molecule has 0 fully saturated rings. The minimum Gasteiger partial charge on any atom is -0.299 e. The second-order valence-electron chi connectivity index (χ2n) is 4.30. The van der Waals surface area contributed by atoms with Crippen LogP contribution >= 0.6 is 11.3 Å². The molecule has 1 unspecified atom stereocenters. The van der Waals surface area contributed by atoms with Gasteiger partial charge in [-0.3, -0.25) is 4.79 Å². The van der Waals surface area contributed by atoms with Gasteiger partial charge in [0.2, 0.25) is 0 Å². The van der Waals surface area contributed by atoms with Crippen LogP contribution in [0.1, 0.15) is 43.0 Å². The molecular weight excluding hydrogens is 192 g/mol. The van der Waals surface area contributed by atoms with Gasteiger partial charge in [0, 0.05) is 16.7 Å². The molecule has 0 amide bonds. The lowest BCUT2D eigenvalue weighted by atomic mass is 9.81. The van der Waals surface area contributed by atoms with Gasteiger partial charge in [0.15, 0.2) is 0 Å². The fourth-order valence-electron chi connectivity index (χ4n) is 2.18. The molecule has 1 aliphatic rings. The third-order valence-electron chi connectivity index (χ3n) is 2.96. The first-order chi connectivity index (χ1) is 6.70. The van der Waals surface area contributed by atoms with Crippen LogP contribution in [0.2, 0.25) is 0 Å². The van der Waals surface area contributed by atoms with E-state index in [9.17, 15) is 4.79 Å². The van der Waals surface area contributed by atoms with Crippen LogP contribution in [0.4, 0.5) is 0 Å². The first-order valence-corrected chi connectivity index (χ1v) is 6.18. The SMILES string of the molecule is CC(C)C(=O)C1CCCc2sccc21. The van der Waals surface area contributed by atoms with E-state index in [4.69, 9.17) is 0 Å². The lowest BCUT2D eigenvalue weighted by molar-refractivity contribution is -0.123. The average Bonchev–Trinajstić information content (AvgIpc) is 2.63. The van der Waals surface area contributed by atoms with Crippen molar-refractivity contribution in [3.05, 3.63) is 21.9 Å². The normalized spacial score (nSPS) is 20.9. The summed E-state index contributed by atoms with van der Waals surface area (Å²) in [6, 6.07) is 2.14. The van der Waals surface area contributed by atoms with Crippen LogP contribution in [0.25, 0.3) is 0 Å². The zero-order chi connectivity index (χ0) is 10.1. The summed E-state index contributed by atoms with van der Waals surface area (Å²) in [6.45, 7) is 4.01. The third-order valence-corrected chi connectivity index (χ3v) is 3.96. The highest BCUT2D eigenvalue weighted by Gasteiger charge is 2.28. The Balaban J connectivity index is 2.28. The number of Topliss-reactive ketones (excluding diaryl/α,β-unsaturated/α-hetero) is 1. The van der Waals surface area contributed by atoms with E-state index in [0.29, 0.717) is 5.78 Å². The van der Waals surface area contributed by atoms with Gasteiger partial charge in [0.05, 0.1) is 0 Å². The molecule has 1 nitrogen and oxygen atoms in total. The minimum absolute atomic E-state index is 0.172. The standard InChI is InChI=1S/C12H16OS/c1-8(2)12(13)10-4-3-5-11-9(10)6-7-14-11/h6-8,10H,3-5H2,1-2H3. The van der Waals surface area contributed by atoms with E-state index in [1.54, 1.807) is 11.3 Å². The number of ketones is 1. The number of thiophene rings is 1. The zero-order valence-corrected chi connectivity index (χ0v) is 9.56. The average molecular weight is 208 g/mol. The van der Waals surface area contributed by atoms with Crippen molar-refractivity contribution in [2.24, 2.45) is 5.92 Å². The van der Waals surface area contributed by atoms with E-state index in [1.165, 1.54) is 23.3 Å². The van der Waals surface area contributed by atoms with Crippen LogP contribution in [-0.2, 0) is 11.2 Å². The predicted octanol–water partition coefficient (Wildman–Crippen LogP) is 3.39. The number of carbonyl (C=O) groups is 1. The van der Waals surface area contributed by atoms with Crippen LogP contribution < -0.4 is 0 Å². The molecule has 1 aromatic heterocycles. The number of fused-ring (bicyclic) bond motifs is 1. The second kappa shape index (κ2) is 3.85. The zero-order valence-electron chi connectivity index (χ0n) is 8.75. The highest BCUT2D eigenvalue weighted by Crippen LogP contribution is 2.36. The maximum atomic E-state index is 12.0. The molecular formula is C12H16OS. The van der Waals surface area contributed by atoms with Gasteiger partial charge in [0.1, 0.15) is 5.78 Å². The van der Waals surface area contributed by atoms with Crippen molar-refractivity contribution < 1.29 is 4.79 Å². The molecule has 1 atom stereocenters. The van der Waals surface area contributed by atoms with Crippen molar-refractivity contribution in [3.63, 3.8) is 0 Å². The molecule has 0 aromatic carbocycles. The van der Waals surface area contributed by atoms with E-state index in [2.05, 4.69) is 11.4 Å². The minimum atomic E-state index is 0.172. The summed E-state index contributed by atoms with van der Waals surface area (Å²) in [5.41, 5.74) is 1.32. The van der Waals surface area contributed by atoms with Crippen molar-refractivity contribution in [2.75, 3.05) is 0 Å². The molecule has 2 rings (SSSR count). The van der Waals surface area contributed by atoms with Crippen LogP contribution in [0, 0.1) is 5.92 Å². The molecule has 14 heavy (non-hydrogen) atoms. The lowest BCUT2D eigenvalue weighted by Gasteiger charge is -2.22. The highest BCUT2D eigenvalue weighted by molar-refractivity contribution is 7.10. The molecule has 0 N–H and O–H groups in total. The molecule has 0 saturated heterocycles. The summed E-state index contributed by atoms with van der Waals surface area (Å²) in [5.74, 6) is 0.792. The smallest absolute Gasteiger partial charge is 0.142 e. The van der Waals surface area contributed by atoms with E-state index < -0.39 is 0 Å². The molecule has 2 heteroatoms. The van der Waals surface area contributed by atoms with E-state index in [0.717, 1.165) is 6.42 Å². The van der Waals surface area contributed by atoms with Crippen LogP contribution in [0.15, 0.2) is 11.4 Å². The third kappa shape index (κ3) is 1.63. The van der Waals surface area contributed by atoms with E-state index >= 15 is 0 Å². The Bertz CT molecular complexity index is 338. The molecule has 0 saturated carbocycles. The lowest BCUT2D eigenvalue weighted by Crippen LogP contribution is -2.21. The largest absolute Gasteiger partial charge is 0.299 e. The highest BCUT2D eigenvalue weighted by atomic mass is 32.1. The van der Waals surface area contributed by atoms with Crippen molar-refractivity contribution >= 4 is 17.1 Å². The van der Waals surface area contributed by atoms with Crippen molar-refractivity contribution in [2.45, 2.75) is 39.0 Å². The van der Waals surface area contributed by atoms with Gasteiger partial charge >= 0.3 is 0 Å². The maximum absolute atomic E-state index is 12.0. The summed E-state index contributed by atoms with van der Waals surface area (Å²) >= 11 is 1.81. The summed E-state index contributed by atoms with van der Waals surface area (Å²) in [5, 5.41) is 2.12. The van der Waals surface area contributed by atoms with Gasteiger partial charge in [-0.25, -0.2) is 0 Å². The second-order valence-corrected chi connectivity index (χ2v) is 5.30. The summed E-state index contributed by atoms with van der Waals surface area (Å²) in [7, 11) is 0. The molecule has 76 valence electrons. The molecule has 1 aromatic rings. The van der Waals surface area contributed by atoms with Crippen LogP contribution in [0.5, 0.6) is 0 Å².